The number of piperazine rings is 1. The van der Waals surface area contributed by atoms with E-state index in [4.69, 9.17) is 0 Å². The van der Waals surface area contributed by atoms with Crippen LogP contribution in [0.5, 0.6) is 0 Å². The van der Waals surface area contributed by atoms with Crippen LogP contribution in [0, 0.1) is 0 Å². The molecule has 0 unspecified atom stereocenters. The molecule has 1 rings (SSSR count). The molecule has 1 aliphatic rings. The van der Waals surface area contributed by atoms with Crippen molar-refractivity contribution >= 4 is 41.7 Å². The van der Waals surface area contributed by atoms with Crippen molar-refractivity contribution < 1.29 is 0 Å². The zero-order chi connectivity index (χ0) is 13.9. The van der Waals surface area contributed by atoms with Gasteiger partial charge in [-0.15, -0.1) is 24.0 Å². The van der Waals surface area contributed by atoms with E-state index >= 15 is 0 Å². The van der Waals surface area contributed by atoms with E-state index in [1.54, 1.807) is 0 Å². The number of guanidine groups is 1. The average molecular weight is 415 g/mol. The second-order valence-corrected chi connectivity index (χ2v) is 5.68. The summed E-state index contributed by atoms with van der Waals surface area (Å²) in [6.45, 7) is 11.2. The minimum atomic E-state index is 0. The summed E-state index contributed by atoms with van der Waals surface area (Å²) in [4.78, 5) is 9.26. The Hall–Kier alpha value is 0.270. The summed E-state index contributed by atoms with van der Waals surface area (Å²) in [5.74, 6) is 2.03. The molecule has 0 saturated carbocycles. The molecular weight excluding hydrogens is 385 g/mol. The van der Waals surface area contributed by atoms with E-state index in [1.165, 1.54) is 32.7 Å². The highest BCUT2D eigenvalue weighted by Gasteiger charge is 2.14. The van der Waals surface area contributed by atoms with Crippen LogP contribution in [0.1, 0.15) is 6.92 Å². The molecule has 0 atom stereocenters. The Morgan fingerprint density at radius 1 is 1.10 bits per heavy atom. The topological polar surface area (TPSA) is 42.9 Å². The second kappa shape index (κ2) is 13.0. The van der Waals surface area contributed by atoms with Crippen LogP contribution in [0.3, 0.4) is 0 Å². The highest BCUT2D eigenvalue weighted by molar-refractivity contribution is 14.0. The quantitative estimate of drug-likeness (QED) is 0.278. The van der Waals surface area contributed by atoms with E-state index in [2.05, 4.69) is 38.6 Å². The van der Waals surface area contributed by atoms with Crippen LogP contribution in [-0.2, 0) is 0 Å². The minimum Gasteiger partial charge on any atom is -0.356 e. The molecule has 0 aromatic rings. The molecule has 0 amide bonds. The molecule has 20 heavy (non-hydrogen) atoms. The van der Waals surface area contributed by atoms with Crippen molar-refractivity contribution in [2.75, 3.05) is 71.4 Å². The first-order valence-corrected chi connectivity index (χ1v) is 8.57. The average Bonchev–Trinajstić information content (AvgIpc) is 2.46. The van der Waals surface area contributed by atoms with Gasteiger partial charge in [-0.1, -0.05) is 6.92 Å². The zero-order valence-electron chi connectivity index (χ0n) is 13.0. The number of hydrogen-bond donors (Lipinski definition) is 2. The molecule has 1 aliphatic heterocycles. The molecule has 5 nitrogen and oxygen atoms in total. The Balaban J connectivity index is 0.00000361. The molecule has 0 aromatic carbocycles. The van der Waals surface area contributed by atoms with Gasteiger partial charge in [0.2, 0.25) is 0 Å². The molecule has 1 saturated heterocycles. The van der Waals surface area contributed by atoms with Crippen LogP contribution in [0.2, 0.25) is 0 Å². The first-order valence-electron chi connectivity index (χ1n) is 7.18. The molecule has 0 aliphatic carbocycles. The first-order chi connectivity index (χ1) is 9.30. The largest absolute Gasteiger partial charge is 0.356 e. The third kappa shape index (κ3) is 8.53. The summed E-state index contributed by atoms with van der Waals surface area (Å²) in [5.41, 5.74) is 0. The maximum atomic E-state index is 4.23. The third-order valence-corrected chi connectivity index (χ3v) is 4.07. The van der Waals surface area contributed by atoms with Crippen molar-refractivity contribution in [1.82, 2.24) is 20.4 Å². The fourth-order valence-corrected chi connectivity index (χ4v) is 2.46. The highest BCUT2D eigenvalue weighted by Crippen LogP contribution is 1.99. The second-order valence-electron chi connectivity index (χ2n) is 4.69. The van der Waals surface area contributed by atoms with Gasteiger partial charge < -0.3 is 15.5 Å². The molecule has 0 radical (unpaired) electrons. The molecule has 7 heteroatoms. The monoisotopic (exact) mass is 415 g/mol. The molecule has 0 aromatic heterocycles. The van der Waals surface area contributed by atoms with E-state index in [-0.39, 0.29) is 24.0 Å². The molecule has 0 bridgehead atoms. The standard InChI is InChI=1S/C13H29N5S.HI/c1-4-17-8-10-18(11-9-17)7-5-15-13(14-2)16-6-12-19-3;/h4-12H2,1-3H3,(H2,14,15,16);1H. The van der Waals surface area contributed by atoms with Gasteiger partial charge in [0.25, 0.3) is 0 Å². The van der Waals surface area contributed by atoms with E-state index in [9.17, 15) is 0 Å². The van der Waals surface area contributed by atoms with Gasteiger partial charge in [0.05, 0.1) is 0 Å². The fraction of sp³-hybridized carbons (Fsp3) is 0.923. The minimum absolute atomic E-state index is 0. The van der Waals surface area contributed by atoms with E-state index in [0.29, 0.717) is 0 Å². The van der Waals surface area contributed by atoms with Gasteiger partial charge in [-0.3, -0.25) is 9.89 Å². The van der Waals surface area contributed by atoms with Gasteiger partial charge in [-0.05, 0) is 12.8 Å². The number of aliphatic imine (C=N–C) groups is 1. The summed E-state index contributed by atoms with van der Waals surface area (Å²) < 4.78 is 0. The van der Waals surface area contributed by atoms with Crippen molar-refractivity contribution in [2.24, 2.45) is 4.99 Å². The smallest absolute Gasteiger partial charge is 0.191 e. The first kappa shape index (κ1) is 20.3. The van der Waals surface area contributed by atoms with Crippen molar-refractivity contribution in [2.45, 2.75) is 6.92 Å². The van der Waals surface area contributed by atoms with Crippen LogP contribution in [0.15, 0.2) is 4.99 Å². The third-order valence-electron chi connectivity index (χ3n) is 3.45. The predicted molar refractivity (Wildman–Crippen MR) is 102 cm³/mol. The zero-order valence-corrected chi connectivity index (χ0v) is 16.2. The van der Waals surface area contributed by atoms with E-state index < -0.39 is 0 Å². The summed E-state index contributed by atoms with van der Waals surface area (Å²) in [6, 6.07) is 0. The van der Waals surface area contributed by atoms with Crippen LogP contribution in [0.4, 0.5) is 0 Å². The highest BCUT2D eigenvalue weighted by atomic mass is 127. The number of nitrogens with zero attached hydrogens (tertiary/aromatic N) is 3. The lowest BCUT2D eigenvalue weighted by Gasteiger charge is -2.34. The van der Waals surface area contributed by atoms with Crippen LogP contribution < -0.4 is 10.6 Å². The van der Waals surface area contributed by atoms with Crippen molar-refractivity contribution in [3.63, 3.8) is 0 Å². The van der Waals surface area contributed by atoms with Gasteiger partial charge >= 0.3 is 0 Å². The lowest BCUT2D eigenvalue weighted by atomic mass is 10.3. The molecular formula is C13H30IN5S. The predicted octanol–water partition coefficient (Wildman–Crippen LogP) is 0.770. The molecule has 1 heterocycles. The van der Waals surface area contributed by atoms with Crippen LogP contribution in [0.25, 0.3) is 0 Å². The van der Waals surface area contributed by atoms with Crippen molar-refractivity contribution in [1.29, 1.82) is 0 Å². The summed E-state index contributed by atoms with van der Waals surface area (Å²) >= 11 is 1.84. The van der Waals surface area contributed by atoms with E-state index in [0.717, 1.165) is 31.3 Å². The van der Waals surface area contributed by atoms with Crippen molar-refractivity contribution in [3.8, 4) is 0 Å². The molecule has 120 valence electrons. The number of halogens is 1. The maximum absolute atomic E-state index is 4.23. The number of hydrogen-bond acceptors (Lipinski definition) is 4. The van der Waals surface area contributed by atoms with Crippen LogP contribution >= 0.6 is 35.7 Å². The van der Waals surface area contributed by atoms with Gasteiger partial charge in [0, 0.05) is 58.6 Å². The van der Waals surface area contributed by atoms with Crippen LogP contribution in [-0.4, -0.2) is 87.2 Å². The fourth-order valence-electron chi connectivity index (χ4n) is 2.15. The number of rotatable bonds is 7. The number of thioether (sulfide) groups is 1. The van der Waals surface area contributed by atoms with Gasteiger partial charge in [0.1, 0.15) is 0 Å². The van der Waals surface area contributed by atoms with E-state index in [1.807, 2.05) is 18.8 Å². The Morgan fingerprint density at radius 2 is 1.70 bits per heavy atom. The Morgan fingerprint density at radius 3 is 2.25 bits per heavy atom. The Bertz CT molecular complexity index is 257. The molecule has 2 N–H and O–H groups in total. The number of nitrogens with one attached hydrogen (secondary N) is 2. The maximum Gasteiger partial charge on any atom is 0.191 e. The Labute approximate surface area is 145 Å². The van der Waals surface area contributed by atoms with Gasteiger partial charge in [-0.2, -0.15) is 11.8 Å². The number of likely N-dealkylation sites (N-methyl/N-ethyl adjacent to an activating group) is 1. The van der Waals surface area contributed by atoms with Gasteiger partial charge in [0.15, 0.2) is 5.96 Å². The molecule has 1 fully saturated rings. The normalized spacial score (nSPS) is 17.6. The lowest BCUT2D eigenvalue weighted by molar-refractivity contribution is 0.139. The summed E-state index contributed by atoms with van der Waals surface area (Å²) in [5, 5.41) is 6.69. The SMILES string of the molecule is CCN1CCN(CCNC(=NC)NCCSC)CC1.I. The summed E-state index contributed by atoms with van der Waals surface area (Å²) in [6.07, 6.45) is 2.12. The lowest BCUT2D eigenvalue weighted by Crippen LogP contribution is -2.49. The molecule has 0 spiro atoms. The summed E-state index contributed by atoms with van der Waals surface area (Å²) in [7, 11) is 1.83. The Kier molecular flexibility index (Phi) is 13.1. The van der Waals surface area contributed by atoms with Gasteiger partial charge in [-0.25, -0.2) is 0 Å². The van der Waals surface area contributed by atoms with Crippen molar-refractivity contribution in [3.05, 3.63) is 0 Å².